The van der Waals surface area contributed by atoms with E-state index in [9.17, 15) is 27.6 Å². The van der Waals surface area contributed by atoms with Gasteiger partial charge in [0.1, 0.15) is 15.6 Å². The first-order chi connectivity index (χ1) is 27.7. The summed E-state index contributed by atoms with van der Waals surface area (Å²) < 4.78 is 21.7. The van der Waals surface area contributed by atoms with Crippen molar-refractivity contribution in [2.24, 2.45) is 35.3 Å². The van der Waals surface area contributed by atoms with Gasteiger partial charge in [-0.3, -0.25) is 19.2 Å². The van der Waals surface area contributed by atoms with Crippen molar-refractivity contribution in [3.8, 4) is 6.07 Å². The average molecular weight is 947 g/mol. The van der Waals surface area contributed by atoms with Gasteiger partial charge in [0.05, 0.1) is 35.5 Å². The fourth-order valence-electron chi connectivity index (χ4n) is 5.99. The molecular weight excluding hydrogens is 877 g/mol. The number of carboxylic acids is 2. The molecule has 0 spiro atoms. The lowest BCUT2D eigenvalue weighted by molar-refractivity contribution is -0.142. The van der Waals surface area contributed by atoms with Gasteiger partial charge in [0.2, 0.25) is 5.91 Å². The molecule has 0 atom stereocenters. The van der Waals surface area contributed by atoms with E-state index in [1.54, 1.807) is 0 Å². The maximum Gasteiger partial charge on any atom is 0.306 e. The van der Waals surface area contributed by atoms with Gasteiger partial charge in [-0.05, 0) is 140 Å². The lowest BCUT2D eigenvalue weighted by atomic mass is 10.0. The number of rotatable bonds is 3. The summed E-state index contributed by atoms with van der Waals surface area (Å²) >= 11 is 11.6. The summed E-state index contributed by atoms with van der Waals surface area (Å²) in [6, 6.07) is 2.29. The standard InChI is InChI=1S/C6H11NOS.C6H9NS.C6H10O4S.C6H10O2S.C6H12S.C5H10OS.C5H8OS/c7-6(8)5-1-3-9-4-2-5;7-5-6-1-3-8-4-2-6;7-6(8)5-1-3-11(9,10)4-2-5;7-6(8)5-1-3-9-4-2-5;1-6-2-4-7-5-3-6;2*6-5-1-3-7-4-2-5/h5H,1-4H2,(H2,7,8);6H,1-4H2;5H,1-4H2,(H,7,8);5H,1-4H2,(H,7,8);6H,2-5H2,1H3;5-6H,1-4H2;1-4H2. The number of aliphatic hydroxyl groups excluding tert-OH is 1. The third-order valence-electron chi connectivity index (χ3n) is 10.3. The zero-order valence-corrected chi connectivity index (χ0v) is 40.2. The van der Waals surface area contributed by atoms with Crippen molar-refractivity contribution in [1.29, 1.82) is 5.26 Å². The molecule has 0 saturated carbocycles. The number of thioether (sulfide) groups is 6. The number of amides is 1. The molecule has 0 radical (unpaired) electrons. The van der Waals surface area contributed by atoms with Crippen molar-refractivity contribution < 1.29 is 42.9 Å². The molecule has 0 aromatic heterocycles. The normalized spacial score (nSPS) is 23.4. The second kappa shape index (κ2) is 35.1. The van der Waals surface area contributed by atoms with Crippen LogP contribution in [0.1, 0.15) is 96.8 Å². The molecule has 7 aliphatic rings. The number of hydrogen-bond donors (Lipinski definition) is 4. The number of nitrogens with two attached hydrogens (primary N) is 1. The molecule has 58 heavy (non-hydrogen) atoms. The minimum Gasteiger partial charge on any atom is -0.481 e. The van der Waals surface area contributed by atoms with Gasteiger partial charge >= 0.3 is 11.9 Å². The van der Waals surface area contributed by atoms with Gasteiger partial charge in [-0.1, -0.05) is 6.92 Å². The van der Waals surface area contributed by atoms with Crippen LogP contribution in [0, 0.1) is 40.9 Å². The second-order valence-corrected chi connectivity index (χ2v) is 24.7. The number of carbonyl (C=O) groups is 4. The number of ketones is 1. The fourth-order valence-corrected chi connectivity index (χ4v) is 14.2. The lowest BCUT2D eigenvalue weighted by Gasteiger charge is -2.17. The van der Waals surface area contributed by atoms with E-state index in [0.29, 0.717) is 11.7 Å². The monoisotopic (exact) mass is 946 g/mol. The zero-order chi connectivity index (χ0) is 43.0. The maximum atomic E-state index is 10.8. The van der Waals surface area contributed by atoms with E-state index < -0.39 is 27.7 Å². The van der Waals surface area contributed by atoms with Gasteiger partial charge in [-0.2, -0.15) is 75.8 Å². The number of hydrogen-bond acceptors (Lipinski definition) is 14. The van der Waals surface area contributed by atoms with Gasteiger partial charge in [-0.15, -0.1) is 0 Å². The molecule has 5 N–H and O–H groups in total. The van der Waals surface area contributed by atoms with Crippen molar-refractivity contribution in [1.82, 2.24) is 0 Å². The second-order valence-electron chi connectivity index (χ2n) is 15.1. The highest BCUT2D eigenvalue weighted by Crippen LogP contribution is 2.24. The maximum absolute atomic E-state index is 10.8. The van der Waals surface area contributed by atoms with Gasteiger partial charge in [0.15, 0.2) is 0 Å². The summed E-state index contributed by atoms with van der Waals surface area (Å²) in [5.74, 6) is 13.8. The van der Waals surface area contributed by atoms with Crippen LogP contribution in [0.25, 0.3) is 0 Å². The van der Waals surface area contributed by atoms with Crippen molar-refractivity contribution in [3.63, 3.8) is 0 Å². The number of nitrogens with zero attached hydrogens (tertiary/aromatic N) is 1. The topological polar surface area (TPSA) is 213 Å². The summed E-state index contributed by atoms with van der Waals surface area (Å²) in [4.78, 5) is 41.7. The Morgan fingerprint density at radius 2 is 0.931 bits per heavy atom. The molecule has 7 heterocycles. The third-order valence-corrected chi connectivity index (χ3v) is 18.2. The number of carboxylic acid groups (broad SMARTS) is 2. The molecule has 18 heteroatoms. The number of carbonyl (C=O) groups excluding carboxylic acids is 2. The van der Waals surface area contributed by atoms with Crippen LogP contribution in [0.15, 0.2) is 0 Å². The Morgan fingerprint density at radius 3 is 1.17 bits per heavy atom. The number of Topliss-reactive ketones (excluding diaryl/α,β-unsaturated/α-hetero) is 1. The molecular formula is C40H70N2O9S7. The molecule has 336 valence electrons. The van der Waals surface area contributed by atoms with E-state index in [2.05, 4.69) is 24.8 Å². The van der Waals surface area contributed by atoms with E-state index in [4.69, 9.17) is 26.3 Å². The number of primary amides is 1. The first-order valence-electron chi connectivity index (χ1n) is 20.7. The Morgan fingerprint density at radius 1 is 0.586 bits per heavy atom. The molecule has 7 saturated heterocycles. The SMILES string of the molecule is CC1CCSCC1.N#CC1CCSCC1.NC(=O)C1CCSCC1.O=C(O)C1CCS(=O)(=O)CC1.O=C(O)C1CCSCC1.O=C1CCSCC1.OC1CCSCC1. The predicted molar refractivity (Wildman–Crippen MR) is 251 cm³/mol. The van der Waals surface area contributed by atoms with Gasteiger partial charge < -0.3 is 21.1 Å². The van der Waals surface area contributed by atoms with E-state index >= 15 is 0 Å². The Hall–Kier alpha value is -0.420. The molecule has 0 aliphatic carbocycles. The van der Waals surface area contributed by atoms with Crippen molar-refractivity contribution in [2.75, 3.05) is 80.5 Å². The molecule has 7 fully saturated rings. The van der Waals surface area contributed by atoms with Crippen LogP contribution >= 0.6 is 70.6 Å². The highest BCUT2D eigenvalue weighted by molar-refractivity contribution is 8.00. The van der Waals surface area contributed by atoms with Crippen molar-refractivity contribution in [3.05, 3.63) is 0 Å². The summed E-state index contributed by atoms with van der Waals surface area (Å²) in [7, 11) is -2.91. The van der Waals surface area contributed by atoms with E-state index in [0.717, 1.165) is 116 Å². The first-order valence-corrected chi connectivity index (χ1v) is 29.5. The minimum absolute atomic E-state index is 0.0150. The highest BCUT2D eigenvalue weighted by Gasteiger charge is 2.28. The quantitative estimate of drug-likeness (QED) is 0.216. The fraction of sp³-hybridized carbons (Fsp3) is 0.875. The summed E-state index contributed by atoms with van der Waals surface area (Å²) in [5.41, 5.74) is 5.12. The van der Waals surface area contributed by atoms with Crippen molar-refractivity contribution >= 4 is 104 Å². The van der Waals surface area contributed by atoms with Crippen LogP contribution in [-0.4, -0.2) is 134 Å². The van der Waals surface area contributed by atoms with Crippen LogP contribution in [-0.2, 0) is 29.0 Å². The molecule has 1 amide bonds. The first kappa shape index (κ1) is 55.6. The molecule has 0 bridgehead atoms. The Labute approximate surface area is 374 Å². The van der Waals surface area contributed by atoms with Crippen LogP contribution in [0.5, 0.6) is 0 Å². The predicted octanol–water partition coefficient (Wildman–Crippen LogP) is 7.48. The molecule has 0 aromatic rings. The average Bonchev–Trinajstić information content (AvgIpc) is 3.24. The van der Waals surface area contributed by atoms with Crippen LogP contribution in [0.4, 0.5) is 0 Å². The third kappa shape index (κ3) is 30.6. The van der Waals surface area contributed by atoms with E-state index in [-0.39, 0.29) is 48.2 Å². The van der Waals surface area contributed by atoms with Gasteiger partial charge in [0.25, 0.3) is 0 Å². The lowest BCUT2D eigenvalue weighted by Crippen LogP contribution is -2.27. The summed E-state index contributed by atoms with van der Waals surface area (Å²) in [6.45, 7) is 2.35. The summed E-state index contributed by atoms with van der Waals surface area (Å²) in [6.07, 6.45) is 13.0. The number of nitriles is 1. The van der Waals surface area contributed by atoms with E-state index in [1.807, 2.05) is 58.8 Å². The minimum atomic E-state index is -2.91. The molecule has 0 unspecified atom stereocenters. The number of sulfone groups is 1. The number of aliphatic hydroxyl groups is 1. The van der Waals surface area contributed by atoms with Crippen molar-refractivity contribution in [2.45, 2.75) is 103 Å². The smallest absolute Gasteiger partial charge is 0.306 e. The van der Waals surface area contributed by atoms with Gasteiger partial charge in [0, 0.05) is 36.2 Å². The van der Waals surface area contributed by atoms with E-state index in [1.165, 1.54) is 35.9 Å². The number of aliphatic carboxylic acids is 2. The Balaban J connectivity index is 0.000000340. The van der Waals surface area contributed by atoms with Crippen LogP contribution in [0.3, 0.4) is 0 Å². The molecule has 11 nitrogen and oxygen atoms in total. The molecule has 0 aromatic carbocycles. The van der Waals surface area contributed by atoms with Gasteiger partial charge in [-0.25, -0.2) is 8.42 Å². The Bertz CT molecular complexity index is 1210. The largest absolute Gasteiger partial charge is 0.481 e. The van der Waals surface area contributed by atoms with Crippen LogP contribution < -0.4 is 5.73 Å². The molecule has 7 rings (SSSR count). The Kier molecular flexibility index (Phi) is 33.6. The molecule has 7 aliphatic heterocycles. The zero-order valence-electron chi connectivity index (χ0n) is 34.4. The summed E-state index contributed by atoms with van der Waals surface area (Å²) in [5, 5.41) is 34.4. The van der Waals surface area contributed by atoms with Crippen LogP contribution in [0.2, 0.25) is 0 Å². The highest BCUT2D eigenvalue weighted by atomic mass is 32.2.